The second-order valence-electron chi connectivity index (χ2n) is 21.4. The van der Waals surface area contributed by atoms with Crippen LogP contribution in [0.5, 0.6) is 0 Å². The number of hydrogen-bond acceptors (Lipinski definition) is 0. The predicted octanol–water partition coefficient (Wildman–Crippen LogP) is 15.8. The van der Waals surface area contributed by atoms with Gasteiger partial charge in [0.2, 0.25) is 0 Å². The van der Waals surface area contributed by atoms with E-state index in [1.807, 2.05) is 0 Å². The molecule has 58 heavy (non-hydrogen) atoms. The summed E-state index contributed by atoms with van der Waals surface area (Å²) in [4.78, 5) is 0. The first kappa shape index (κ1) is 39.7. The van der Waals surface area contributed by atoms with Crippen LogP contribution >= 0.6 is 0 Å². The van der Waals surface area contributed by atoms with Gasteiger partial charge in [-0.05, 0) is 128 Å². The van der Waals surface area contributed by atoms with Crippen molar-refractivity contribution in [3.8, 4) is 11.4 Å². The quantitative estimate of drug-likeness (QED) is 0.165. The van der Waals surface area contributed by atoms with Crippen molar-refractivity contribution in [1.82, 2.24) is 9.13 Å². The van der Waals surface area contributed by atoms with Crippen LogP contribution in [0.3, 0.4) is 0 Å². The highest BCUT2D eigenvalue weighted by atomic mass is 15.0. The topological polar surface area (TPSA) is 9.86 Å². The van der Waals surface area contributed by atoms with Crippen molar-refractivity contribution in [2.75, 3.05) is 0 Å². The van der Waals surface area contributed by atoms with Crippen LogP contribution in [-0.2, 0) is 28.1 Å². The lowest BCUT2D eigenvalue weighted by atomic mass is 9.80. The van der Waals surface area contributed by atoms with E-state index in [1.165, 1.54) is 93.9 Å². The van der Waals surface area contributed by atoms with Crippen molar-refractivity contribution in [2.24, 2.45) is 0 Å². The van der Waals surface area contributed by atoms with Crippen LogP contribution < -0.4 is 0 Å². The van der Waals surface area contributed by atoms with Gasteiger partial charge < -0.3 is 9.13 Å². The van der Waals surface area contributed by atoms with Gasteiger partial charge in [0.05, 0.1) is 27.8 Å². The molecule has 298 valence electrons. The Bertz CT molecular complexity index is 2810. The van der Waals surface area contributed by atoms with E-state index in [0.29, 0.717) is 5.92 Å². The lowest BCUT2D eigenvalue weighted by molar-refractivity contribution is 0.568. The van der Waals surface area contributed by atoms with Crippen molar-refractivity contribution >= 4 is 43.6 Å². The van der Waals surface area contributed by atoms with Gasteiger partial charge in [0.1, 0.15) is 0 Å². The minimum Gasteiger partial charge on any atom is -0.309 e. The molecule has 6 aromatic carbocycles. The highest BCUT2D eigenvalue weighted by molar-refractivity contribution is 6.15. The van der Waals surface area contributed by atoms with Crippen LogP contribution in [0.25, 0.3) is 55.0 Å². The number of rotatable bonds is 5. The Morgan fingerprint density at radius 2 is 1.02 bits per heavy atom. The Balaban J connectivity index is 1.56. The molecule has 0 spiro atoms. The van der Waals surface area contributed by atoms with Crippen LogP contribution in [0.1, 0.15) is 142 Å². The SMILES string of the molecule is CC(C)c1ccc2c(c1)c1cc(C(C)(C)C)ccc1n2-c1ccc2c(c1C(C)(C)C)c1c(Cc3ccccc3)cccc1n2-c1cc(C(C)(C)C)cc(C(C)(C)C)c1. The maximum atomic E-state index is 2.59. The molecule has 0 bridgehead atoms. The molecular formula is C56H64N2. The van der Waals surface area contributed by atoms with Crippen molar-refractivity contribution in [1.29, 1.82) is 0 Å². The summed E-state index contributed by atoms with van der Waals surface area (Å²) in [5.41, 5.74) is 16.9. The van der Waals surface area contributed by atoms with Crippen molar-refractivity contribution < 1.29 is 0 Å². The summed E-state index contributed by atoms with van der Waals surface area (Å²) in [7, 11) is 0. The first-order valence-corrected chi connectivity index (χ1v) is 21.5. The minimum atomic E-state index is -0.191. The molecule has 0 N–H and O–H groups in total. The van der Waals surface area contributed by atoms with Crippen molar-refractivity contribution in [3.63, 3.8) is 0 Å². The molecule has 0 saturated heterocycles. The second kappa shape index (κ2) is 13.8. The van der Waals surface area contributed by atoms with E-state index in [4.69, 9.17) is 0 Å². The van der Waals surface area contributed by atoms with Gasteiger partial charge in [-0.1, -0.05) is 158 Å². The molecule has 0 aliphatic carbocycles. The maximum Gasteiger partial charge on any atom is 0.0545 e. The molecule has 0 saturated carbocycles. The van der Waals surface area contributed by atoms with E-state index in [9.17, 15) is 0 Å². The molecule has 8 aromatic rings. The predicted molar refractivity (Wildman–Crippen MR) is 253 cm³/mol. The number of aromatic nitrogens is 2. The third kappa shape index (κ3) is 6.87. The fourth-order valence-corrected chi connectivity index (χ4v) is 9.13. The molecule has 0 fully saturated rings. The van der Waals surface area contributed by atoms with Gasteiger partial charge in [-0.3, -0.25) is 0 Å². The van der Waals surface area contributed by atoms with Crippen molar-refractivity contribution in [2.45, 2.75) is 131 Å². The molecule has 2 aromatic heterocycles. The standard InChI is InChI=1S/C56H64N2/c1-35(2)37-23-25-45-43(30-37)44-34-39(53(3,4)5)24-26-46(44)58(45)49-28-27-48-51(52(49)56(12,13)14)50-38(29-36-19-16-15-17-20-36)21-18-22-47(50)57(48)42-32-40(54(6,7)8)31-41(33-42)55(9,10)11/h15-28,30-35H,29H2,1-14H3. The second-order valence-corrected chi connectivity index (χ2v) is 21.4. The zero-order chi connectivity index (χ0) is 41.7. The van der Waals surface area contributed by atoms with E-state index in [2.05, 4.69) is 221 Å². The molecular weight excluding hydrogens is 701 g/mol. The van der Waals surface area contributed by atoms with E-state index in [-0.39, 0.29) is 21.7 Å². The molecule has 0 radical (unpaired) electrons. The largest absolute Gasteiger partial charge is 0.309 e. The molecule has 2 heterocycles. The van der Waals surface area contributed by atoms with Gasteiger partial charge in [-0.25, -0.2) is 0 Å². The molecule has 0 aliphatic rings. The van der Waals surface area contributed by atoms with Gasteiger partial charge >= 0.3 is 0 Å². The number of nitrogens with zero attached hydrogens (tertiary/aromatic N) is 2. The number of hydrogen-bond donors (Lipinski definition) is 0. The lowest BCUT2D eigenvalue weighted by Gasteiger charge is -2.27. The monoisotopic (exact) mass is 765 g/mol. The summed E-state index contributed by atoms with van der Waals surface area (Å²) in [6.45, 7) is 32.8. The van der Waals surface area contributed by atoms with Gasteiger partial charge in [-0.2, -0.15) is 0 Å². The Labute approximate surface area is 347 Å². The fourth-order valence-electron chi connectivity index (χ4n) is 9.13. The zero-order valence-corrected chi connectivity index (χ0v) is 37.6. The first-order chi connectivity index (χ1) is 27.1. The zero-order valence-electron chi connectivity index (χ0n) is 37.6. The highest BCUT2D eigenvalue weighted by Gasteiger charge is 2.30. The summed E-state index contributed by atoms with van der Waals surface area (Å²) >= 11 is 0. The van der Waals surface area contributed by atoms with Crippen molar-refractivity contribution in [3.05, 3.63) is 154 Å². The third-order valence-corrected chi connectivity index (χ3v) is 12.5. The summed E-state index contributed by atoms with van der Waals surface area (Å²) in [5.74, 6) is 0.444. The molecule has 8 rings (SSSR count). The normalized spacial score (nSPS) is 13.2. The van der Waals surface area contributed by atoms with Crippen LogP contribution in [-0.4, -0.2) is 9.13 Å². The molecule has 0 unspecified atom stereocenters. The van der Waals surface area contributed by atoms with Crippen LogP contribution in [0.4, 0.5) is 0 Å². The molecule has 0 amide bonds. The summed E-state index contributed by atoms with van der Waals surface area (Å²) in [6.07, 6.45) is 0.864. The summed E-state index contributed by atoms with van der Waals surface area (Å²) < 4.78 is 5.17. The third-order valence-electron chi connectivity index (χ3n) is 12.5. The fraction of sp³-hybridized carbons (Fsp3) is 0.357. The van der Waals surface area contributed by atoms with Gasteiger partial charge in [0.25, 0.3) is 0 Å². The van der Waals surface area contributed by atoms with Gasteiger partial charge in [0, 0.05) is 27.2 Å². The molecule has 0 aliphatic heterocycles. The minimum absolute atomic E-state index is 0.00416. The summed E-state index contributed by atoms with van der Waals surface area (Å²) in [6, 6.07) is 44.6. The lowest BCUT2D eigenvalue weighted by Crippen LogP contribution is -2.17. The van der Waals surface area contributed by atoms with Crippen LogP contribution in [0.15, 0.2) is 115 Å². The first-order valence-electron chi connectivity index (χ1n) is 21.5. The average molecular weight is 765 g/mol. The summed E-state index contributed by atoms with van der Waals surface area (Å²) in [5, 5.41) is 5.36. The number of fused-ring (bicyclic) bond motifs is 6. The smallest absolute Gasteiger partial charge is 0.0545 e. The number of benzene rings is 6. The Morgan fingerprint density at radius 1 is 0.448 bits per heavy atom. The highest BCUT2D eigenvalue weighted by Crippen LogP contribution is 2.47. The Hall–Kier alpha value is -5.08. The van der Waals surface area contributed by atoms with E-state index in [1.54, 1.807) is 0 Å². The molecule has 0 atom stereocenters. The Kier molecular flexibility index (Phi) is 9.42. The van der Waals surface area contributed by atoms with Gasteiger partial charge in [-0.15, -0.1) is 0 Å². The Morgan fingerprint density at radius 3 is 1.60 bits per heavy atom. The van der Waals surface area contributed by atoms with E-state index >= 15 is 0 Å². The average Bonchev–Trinajstić information content (AvgIpc) is 3.65. The maximum absolute atomic E-state index is 2.59. The van der Waals surface area contributed by atoms with Crippen LogP contribution in [0.2, 0.25) is 0 Å². The molecule has 2 nitrogen and oxygen atoms in total. The van der Waals surface area contributed by atoms with Crippen LogP contribution in [0, 0.1) is 0 Å². The van der Waals surface area contributed by atoms with Gasteiger partial charge in [0.15, 0.2) is 0 Å². The van der Waals surface area contributed by atoms with E-state index < -0.39 is 0 Å². The molecule has 2 heteroatoms. The van der Waals surface area contributed by atoms with E-state index in [0.717, 1.165) is 6.42 Å².